The molecule has 0 amide bonds. The zero-order chi connectivity index (χ0) is 12.6. The summed E-state index contributed by atoms with van der Waals surface area (Å²) in [6.45, 7) is 3.54. The third-order valence-corrected chi connectivity index (χ3v) is 6.12. The summed E-state index contributed by atoms with van der Waals surface area (Å²) in [5, 5.41) is 3.83. The lowest BCUT2D eigenvalue weighted by molar-refractivity contribution is 0.430. The molecule has 2 unspecified atom stereocenters. The van der Waals surface area contributed by atoms with Gasteiger partial charge in [-0.3, -0.25) is 0 Å². The molecule has 98 valence electrons. The predicted octanol–water partition coefficient (Wildman–Crippen LogP) is 4.11. The molecule has 0 radical (unpaired) electrons. The number of hydrogen-bond donors (Lipinski definition) is 1. The first-order valence-corrected chi connectivity index (χ1v) is 8.34. The standard InChI is InChI=1S/C16H23NS/c1-12-7-8-15(14-6-4-3-5-13(12)14)17-11-16(18-2)9-10-16/h3-6,12,15,17H,7-11H2,1-2H3. The van der Waals surface area contributed by atoms with Gasteiger partial charge in [-0.05, 0) is 49.0 Å². The third-order valence-electron chi connectivity index (χ3n) is 4.70. The van der Waals surface area contributed by atoms with Gasteiger partial charge < -0.3 is 5.32 Å². The van der Waals surface area contributed by atoms with E-state index in [-0.39, 0.29) is 0 Å². The summed E-state index contributed by atoms with van der Waals surface area (Å²) in [6.07, 6.45) is 7.66. The second-order valence-corrected chi connectivity index (χ2v) is 7.20. The molecule has 1 N–H and O–H groups in total. The highest BCUT2D eigenvalue weighted by atomic mass is 32.2. The van der Waals surface area contributed by atoms with Crippen LogP contribution >= 0.6 is 11.8 Å². The fourth-order valence-electron chi connectivity index (χ4n) is 3.12. The lowest BCUT2D eigenvalue weighted by atomic mass is 9.81. The van der Waals surface area contributed by atoms with Crippen LogP contribution in [0.25, 0.3) is 0 Å². The van der Waals surface area contributed by atoms with Crippen LogP contribution in [0.5, 0.6) is 0 Å². The monoisotopic (exact) mass is 261 g/mol. The molecule has 1 aromatic carbocycles. The Balaban J connectivity index is 1.72. The molecule has 0 saturated heterocycles. The molecule has 1 aromatic rings. The molecule has 18 heavy (non-hydrogen) atoms. The van der Waals surface area contributed by atoms with Crippen LogP contribution in [0.15, 0.2) is 24.3 Å². The first-order chi connectivity index (χ1) is 8.74. The fourth-order valence-corrected chi connectivity index (χ4v) is 3.86. The number of nitrogens with one attached hydrogen (secondary N) is 1. The third kappa shape index (κ3) is 2.33. The van der Waals surface area contributed by atoms with Crippen molar-refractivity contribution in [1.29, 1.82) is 0 Å². The summed E-state index contributed by atoms with van der Waals surface area (Å²) in [7, 11) is 0. The van der Waals surface area contributed by atoms with Crippen LogP contribution in [0.2, 0.25) is 0 Å². The minimum Gasteiger partial charge on any atom is -0.309 e. The van der Waals surface area contributed by atoms with E-state index in [0.29, 0.717) is 10.8 Å². The number of rotatable bonds is 4. The zero-order valence-corrected chi connectivity index (χ0v) is 12.2. The molecular formula is C16H23NS. The average molecular weight is 261 g/mol. The van der Waals surface area contributed by atoms with Gasteiger partial charge >= 0.3 is 0 Å². The van der Waals surface area contributed by atoms with Gasteiger partial charge in [0.1, 0.15) is 0 Å². The van der Waals surface area contributed by atoms with Crippen molar-refractivity contribution in [2.75, 3.05) is 12.8 Å². The van der Waals surface area contributed by atoms with Crippen molar-refractivity contribution in [3.05, 3.63) is 35.4 Å². The minimum atomic E-state index is 0.567. The Kier molecular flexibility index (Phi) is 3.42. The summed E-state index contributed by atoms with van der Waals surface area (Å²) in [5.41, 5.74) is 3.11. The van der Waals surface area contributed by atoms with E-state index in [2.05, 4.69) is 42.8 Å². The van der Waals surface area contributed by atoms with Gasteiger partial charge in [0.25, 0.3) is 0 Å². The minimum absolute atomic E-state index is 0.567. The van der Waals surface area contributed by atoms with Crippen molar-refractivity contribution < 1.29 is 0 Å². The van der Waals surface area contributed by atoms with Gasteiger partial charge in [0, 0.05) is 17.3 Å². The quantitative estimate of drug-likeness (QED) is 0.875. The van der Waals surface area contributed by atoms with Gasteiger partial charge in [-0.15, -0.1) is 0 Å². The summed E-state index contributed by atoms with van der Waals surface area (Å²) < 4.78 is 0.567. The Bertz CT molecular complexity index is 425. The Morgan fingerprint density at radius 1 is 1.22 bits per heavy atom. The van der Waals surface area contributed by atoms with E-state index in [0.717, 1.165) is 5.92 Å². The molecule has 1 saturated carbocycles. The zero-order valence-electron chi connectivity index (χ0n) is 11.4. The largest absolute Gasteiger partial charge is 0.309 e. The molecule has 1 nitrogen and oxygen atoms in total. The van der Waals surface area contributed by atoms with E-state index in [9.17, 15) is 0 Å². The van der Waals surface area contributed by atoms with Crippen LogP contribution in [0, 0.1) is 0 Å². The van der Waals surface area contributed by atoms with Gasteiger partial charge in [0.15, 0.2) is 0 Å². The lowest BCUT2D eigenvalue weighted by Gasteiger charge is -2.31. The number of hydrogen-bond acceptors (Lipinski definition) is 2. The van der Waals surface area contributed by atoms with Crippen molar-refractivity contribution in [2.45, 2.75) is 49.3 Å². The van der Waals surface area contributed by atoms with Crippen LogP contribution in [-0.4, -0.2) is 17.5 Å². The highest BCUT2D eigenvalue weighted by Gasteiger charge is 2.42. The fraction of sp³-hybridized carbons (Fsp3) is 0.625. The summed E-state index contributed by atoms with van der Waals surface area (Å²) in [6, 6.07) is 9.59. The van der Waals surface area contributed by atoms with E-state index < -0.39 is 0 Å². The molecule has 2 atom stereocenters. The molecule has 1 fully saturated rings. The molecule has 0 aliphatic heterocycles. The van der Waals surface area contributed by atoms with Gasteiger partial charge in [0.05, 0.1) is 0 Å². The molecule has 0 aromatic heterocycles. The molecule has 0 spiro atoms. The molecule has 3 rings (SSSR count). The molecule has 2 aliphatic carbocycles. The van der Waals surface area contributed by atoms with E-state index in [4.69, 9.17) is 0 Å². The van der Waals surface area contributed by atoms with Crippen LogP contribution in [-0.2, 0) is 0 Å². The van der Waals surface area contributed by atoms with E-state index in [1.807, 2.05) is 11.8 Å². The van der Waals surface area contributed by atoms with E-state index in [1.54, 1.807) is 11.1 Å². The topological polar surface area (TPSA) is 12.0 Å². The summed E-state index contributed by atoms with van der Waals surface area (Å²) in [4.78, 5) is 0. The normalized spacial score (nSPS) is 28.8. The number of benzene rings is 1. The van der Waals surface area contributed by atoms with E-state index >= 15 is 0 Å². The SMILES string of the molecule is CSC1(CNC2CCC(C)c3ccccc32)CC1. The predicted molar refractivity (Wildman–Crippen MR) is 80.3 cm³/mol. The van der Waals surface area contributed by atoms with Crippen LogP contribution in [0.1, 0.15) is 55.7 Å². The van der Waals surface area contributed by atoms with Gasteiger partial charge in [0.2, 0.25) is 0 Å². The number of fused-ring (bicyclic) bond motifs is 1. The second-order valence-electron chi connectivity index (χ2n) is 5.93. The maximum Gasteiger partial charge on any atom is 0.0323 e. The Morgan fingerprint density at radius 3 is 2.61 bits per heavy atom. The summed E-state index contributed by atoms with van der Waals surface area (Å²) >= 11 is 2.05. The van der Waals surface area contributed by atoms with Crippen LogP contribution in [0.3, 0.4) is 0 Å². The lowest BCUT2D eigenvalue weighted by Crippen LogP contribution is -2.32. The van der Waals surface area contributed by atoms with Gasteiger partial charge in [-0.1, -0.05) is 31.2 Å². The van der Waals surface area contributed by atoms with Crippen molar-refractivity contribution >= 4 is 11.8 Å². The Labute approximate surface area is 115 Å². The molecule has 2 aliphatic rings. The highest BCUT2D eigenvalue weighted by Crippen LogP contribution is 2.47. The molecule has 2 heteroatoms. The van der Waals surface area contributed by atoms with Crippen molar-refractivity contribution in [2.24, 2.45) is 0 Å². The Morgan fingerprint density at radius 2 is 1.94 bits per heavy atom. The van der Waals surface area contributed by atoms with E-state index in [1.165, 1.54) is 32.2 Å². The second kappa shape index (κ2) is 4.90. The van der Waals surface area contributed by atoms with Gasteiger partial charge in [-0.2, -0.15) is 11.8 Å². The number of thioether (sulfide) groups is 1. The average Bonchev–Trinajstić information content (AvgIpc) is 3.19. The Hall–Kier alpha value is -0.470. The van der Waals surface area contributed by atoms with Crippen LogP contribution in [0.4, 0.5) is 0 Å². The first kappa shape index (κ1) is 12.6. The molecule has 0 bridgehead atoms. The first-order valence-electron chi connectivity index (χ1n) is 7.11. The molecular weight excluding hydrogens is 238 g/mol. The maximum absolute atomic E-state index is 3.83. The van der Waals surface area contributed by atoms with Crippen molar-refractivity contribution in [3.8, 4) is 0 Å². The highest BCUT2D eigenvalue weighted by molar-refractivity contribution is 8.00. The maximum atomic E-state index is 3.83. The van der Waals surface area contributed by atoms with Crippen molar-refractivity contribution in [3.63, 3.8) is 0 Å². The summed E-state index contributed by atoms with van der Waals surface area (Å²) in [5.74, 6) is 0.731. The smallest absolute Gasteiger partial charge is 0.0323 e. The van der Waals surface area contributed by atoms with Gasteiger partial charge in [-0.25, -0.2) is 0 Å². The van der Waals surface area contributed by atoms with Crippen LogP contribution < -0.4 is 5.32 Å². The molecule has 0 heterocycles. The van der Waals surface area contributed by atoms with Crippen molar-refractivity contribution in [1.82, 2.24) is 5.32 Å².